The van der Waals surface area contributed by atoms with Crippen LogP contribution in [-0.4, -0.2) is 9.13 Å². The second-order valence-corrected chi connectivity index (χ2v) is 14.3. The predicted molar refractivity (Wildman–Crippen MR) is 225 cm³/mol. The van der Waals surface area contributed by atoms with Gasteiger partial charge < -0.3 is 18.0 Å². The van der Waals surface area contributed by atoms with Crippen molar-refractivity contribution in [2.24, 2.45) is 0 Å². The zero-order valence-electron chi connectivity index (χ0n) is 29.6. The molecule has 0 bridgehead atoms. The Morgan fingerprint density at radius 1 is 0.393 bits per heavy atom. The lowest BCUT2D eigenvalue weighted by atomic mass is 9.96. The summed E-state index contributed by atoms with van der Waals surface area (Å²) in [5.41, 5.74) is 11.2. The SMILES string of the molecule is N#Cc1cccc(-c2c(-n3c4ccccc4c4ccc5c6ccccc6oc5c43)cc(C#N)cc2-n2c3ccccc3c3ccc4c5ccccc5oc4c32)c1. The van der Waals surface area contributed by atoms with Gasteiger partial charge in [0.15, 0.2) is 11.2 Å². The van der Waals surface area contributed by atoms with E-state index in [9.17, 15) is 10.5 Å². The number of benzene rings is 8. The average Bonchev–Trinajstić information content (AvgIpc) is 4.01. The van der Waals surface area contributed by atoms with E-state index in [0.717, 1.165) is 110 Å². The van der Waals surface area contributed by atoms with E-state index < -0.39 is 0 Å². The van der Waals surface area contributed by atoms with Gasteiger partial charge in [0.25, 0.3) is 0 Å². The molecule has 0 saturated carbocycles. The monoisotopic (exact) mass is 714 g/mol. The normalized spacial score (nSPS) is 11.9. The van der Waals surface area contributed by atoms with Crippen LogP contribution in [0.1, 0.15) is 11.1 Å². The molecule has 8 aromatic carbocycles. The summed E-state index contributed by atoms with van der Waals surface area (Å²) in [6.45, 7) is 0. The number of fused-ring (bicyclic) bond motifs is 14. The van der Waals surface area contributed by atoms with Crippen molar-refractivity contribution in [1.29, 1.82) is 10.5 Å². The van der Waals surface area contributed by atoms with Crippen molar-refractivity contribution in [2.75, 3.05) is 0 Å². The van der Waals surface area contributed by atoms with E-state index in [1.54, 1.807) is 0 Å². The summed E-state index contributed by atoms with van der Waals surface area (Å²) in [5.74, 6) is 0. The number of hydrogen-bond donors (Lipinski definition) is 0. The minimum atomic E-state index is 0.487. The molecule has 0 N–H and O–H groups in total. The smallest absolute Gasteiger partial charge is 0.160 e. The molecule has 0 radical (unpaired) electrons. The molecule has 6 nitrogen and oxygen atoms in total. The first-order valence-corrected chi connectivity index (χ1v) is 18.5. The second kappa shape index (κ2) is 11.2. The van der Waals surface area contributed by atoms with Gasteiger partial charge in [-0.05, 0) is 66.2 Å². The third-order valence-electron chi connectivity index (χ3n) is 11.3. The van der Waals surface area contributed by atoms with Gasteiger partial charge in [-0.1, -0.05) is 97.1 Å². The molecule has 56 heavy (non-hydrogen) atoms. The highest BCUT2D eigenvalue weighted by atomic mass is 16.3. The highest BCUT2D eigenvalue weighted by Gasteiger charge is 2.26. The zero-order valence-corrected chi connectivity index (χ0v) is 29.6. The van der Waals surface area contributed by atoms with Gasteiger partial charge in [-0.2, -0.15) is 10.5 Å². The Labute approximate surface area is 318 Å². The fourth-order valence-electron chi connectivity index (χ4n) is 9.03. The van der Waals surface area contributed by atoms with E-state index in [1.807, 2.05) is 84.9 Å². The maximum Gasteiger partial charge on any atom is 0.160 e. The van der Waals surface area contributed by atoms with Crippen LogP contribution in [0.2, 0.25) is 0 Å². The van der Waals surface area contributed by atoms with Crippen molar-refractivity contribution in [3.63, 3.8) is 0 Å². The number of hydrogen-bond acceptors (Lipinski definition) is 4. The van der Waals surface area contributed by atoms with E-state index in [1.165, 1.54) is 0 Å². The fourth-order valence-corrected chi connectivity index (χ4v) is 9.03. The molecule has 6 heteroatoms. The van der Waals surface area contributed by atoms with Crippen molar-refractivity contribution in [3.05, 3.63) is 169 Å². The number of furan rings is 2. The lowest BCUT2D eigenvalue weighted by Crippen LogP contribution is -2.05. The van der Waals surface area contributed by atoms with Crippen LogP contribution in [0.5, 0.6) is 0 Å². The molecule has 4 heterocycles. The molecule has 4 aromatic heterocycles. The highest BCUT2D eigenvalue weighted by Crippen LogP contribution is 2.47. The van der Waals surface area contributed by atoms with Crippen LogP contribution in [0.4, 0.5) is 0 Å². The van der Waals surface area contributed by atoms with Gasteiger partial charge in [0.1, 0.15) is 11.2 Å². The standard InChI is InChI=1S/C50H26N4O2/c51-27-29-10-9-11-31(24-29)46-42(53-40-16-5-1-12-32(40)36-20-22-38-34-14-3-7-18-44(34)55-49(38)47(36)53)25-30(28-52)26-43(46)54-41-17-6-2-13-33(41)37-21-23-39-35-15-4-8-19-45(35)56-50(39)48(37)54/h1-26H. The second-order valence-electron chi connectivity index (χ2n) is 14.3. The number of nitriles is 2. The topological polar surface area (TPSA) is 83.7 Å². The minimum Gasteiger partial charge on any atom is -0.454 e. The van der Waals surface area contributed by atoms with E-state index in [0.29, 0.717) is 11.1 Å². The maximum atomic E-state index is 10.9. The lowest BCUT2D eigenvalue weighted by Gasteiger charge is -2.21. The van der Waals surface area contributed by atoms with Crippen LogP contribution in [0.15, 0.2) is 167 Å². The van der Waals surface area contributed by atoms with Crippen LogP contribution >= 0.6 is 0 Å². The quantitative estimate of drug-likeness (QED) is 0.182. The molecular formula is C50H26N4O2. The van der Waals surface area contributed by atoms with Crippen LogP contribution in [0.25, 0.3) is 110 Å². The zero-order chi connectivity index (χ0) is 37.1. The van der Waals surface area contributed by atoms with Gasteiger partial charge in [-0.3, -0.25) is 0 Å². The van der Waals surface area contributed by atoms with Crippen LogP contribution in [0, 0.1) is 22.7 Å². The Bertz CT molecular complexity index is 3540. The summed E-state index contributed by atoms with van der Waals surface area (Å²) in [6, 6.07) is 58.1. The van der Waals surface area contributed by atoms with E-state index in [4.69, 9.17) is 8.83 Å². The molecule has 0 spiro atoms. The predicted octanol–water partition coefficient (Wildman–Crippen LogP) is 13.1. The molecule has 0 aliphatic carbocycles. The molecule has 0 aliphatic rings. The third kappa shape index (κ3) is 4.02. The number of rotatable bonds is 3. The molecule has 0 unspecified atom stereocenters. The summed E-state index contributed by atoms with van der Waals surface area (Å²) in [5, 5.41) is 29.4. The first kappa shape index (κ1) is 30.4. The number of aromatic nitrogens is 2. The van der Waals surface area contributed by atoms with Gasteiger partial charge in [0.2, 0.25) is 0 Å². The Morgan fingerprint density at radius 3 is 1.38 bits per heavy atom. The molecule has 12 aromatic rings. The van der Waals surface area contributed by atoms with Gasteiger partial charge >= 0.3 is 0 Å². The minimum absolute atomic E-state index is 0.487. The Kier molecular flexibility index (Phi) is 6.10. The molecule has 0 aliphatic heterocycles. The van der Waals surface area contributed by atoms with Gasteiger partial charge in [-0.25, -0.2) is 0 Å². The first-order valence-electron chi connectivity index (χ1n) is 18.5. The van der Waals surface area contributed by atoms with Crippen molar-refractivity contribution in [2.45, 2.75) is 0 Å². The molecule has 0 fully saturated rings. The van der Waals surface area contributed by atoms with E-state index >= 15 is 0 Å². The summed E-state index contributed by atoms with van der Waals surface area (Å²) >= 11 is 0. The summed E-state index contributed by atoms with van der Waals surface area (Å²) in [6.07, 6.45) is 0. The molecule has 0 atom stereocenters. The maximum absolute atomic E-state index is 10.9. The van der Waals surface area contributed by atoms with Crippen molar-refractivity contribution in [3.8, 4) is 34.6 Å². The van der Waals surface area contributed by atoms with Gasteiger partial charge in [-0.15, -0.1) is 0 Å². The fraction of sp³-hybridized carbons (Fsp3) is 0. The first-order chi connectivity index (χ1) is 27.7. The highest BCUT2D eigenvalue weighted by molar-refractivity contribution is 6.23. The van der Waals surface area contributed by atoms with Crippen LogP contribution < -0.4 is 0 Å². The largest absolute Gasteiger partial charge is 0.454 e. The van der Waals surface area contributed by atoms with Gasteiger partial charge in [0, 0.05) is 48.7 Å². The summed E-state index contributed by atoms with van der Waals surface area (Å²) < 4.78 is 18.0. The summed E-state index contributed by atoms with van der Waals surface area (Å²) in [4.78, 5) is 0. The van der Waals surface area contributed by atoms with Crippen molar-refractivity contribution < 1.29 is 8.83 Å². The van der Waals surface area contributed by atoms with E-state index in [2.05, 4.69) is 94.1 Å². The Balaban J connectivity index is 1.33. The van der Waals surface area contributed by atoms with Crippen molar-refractivity contribution >= 4 is 87.5 Å². The third-order valence-corrected chi connectivity index (χ3v) is 11.3. The van der Waals surface area contributed by atoms with E-state index in [-0.39, 0.29) is 0 Å². The van der Waals surface area contributed by atoms with Crippen LogP contribution in [-0.2, 0) is 0 Å². The Hall–Kier alpha value is -8.06. The number of nitrogens with zero attached hydrogens (tertiary/aromatic N) is 4. The molecule has 0 saturated heterocycles. The van der Waals surface area contributed by atoms with Crippen LogP contribution in [0.3, 0.4) is 0 Å². The average molecular weight is 715 g/mol. The molecule has 12 rings (SSSR count). The summed E-state index contributed by atoms with van der Waals surface area (Å²) in [7, 11) is 0. The van der Waals surface area contributed by atoms with Crippen molar-refractivity contribution in [1.82, 2.24) is 9.13 Å². The number of para-hydroxylation sites is 4. The molecular weight excluding hydrogens is 689 g/mol. The molecule has 0 amide bonds. The van der Waals surface area contributed by atoms with Gasteiger partial charge in [0.05, 0.1) is 56.7 Å². The lowest BCUT2D eigenvalue weighted by molar-refractivity contribution is 0.671. The Morgan fingerprint density at radius 2 is 0.857 bits per heavy atom. The molecule has 258 valence electrons.